The van der Waals surface area contributed by atoms with Crippen molar-refractivity contribution < 1.29 is 9.90 Å². The second kappa shape index (κ2) is 4.87. The maximum atomic E-state index is 11.1. The van der Waals surface area contributed by atoms with Crippen molar-refractivity contribution in [1.82, 2.24) is 0 Å². The Hall–Kier alpha value is -1.03. The van der Waals surface area contributed by atoms with E-state index in [0.717, 1.165) is 15.7 Å². The number of hydrogen-bond acceptors (Lipinski definition) is 2. The highest BCUT2D eigenvalue weighted by atomic mass is 79.9. The van der Waals surface area contributed by atoms with Gasteiger partial charge in [0.2, 0.25) is 0 Å². The number of hydrogen-bond donors (Lipinski definition) is 1. The highest BCUT2D eigenvalue weighted by Crippen LogP contribution is 2.28. The molecule has 0 amide bonds. The number of aromatic carboxylic acids is 1. The van der Waals surface area contributed by atoms with Gasteiger partial charge in [-0.1, -0.05) is 15.9 Å². The molecule has 0 spiro atoms. The summed E-state index contributed by atoms with van der Waals surface area (Å²) in [4.78, 5) is 13.1. The number of nitrogens with zero attached hydrogens (tertiary/aromatic N) is 1. The molecule has 0 aromatic heterocycles. The molecule has 1 rings (SSSR count). The molecule has 0 radical (unpaired) electrons. The van der Waals surface area contributed by atoms with Gasteiger partial charge >= 0.3 is 5.97 Å². The minimum atomic E-state index is -0.891. The molecule has 16 heavy (non-hydrogen) atoms. The van der Waals surface area contributed by atoms with Gasteiger partial charge in [0.1, 0.15) is 0 Å². The van der Waals surface area contributed by atoms with Crippen LogP contribution in [0.3, 0.4) is 0 Å². The van der Waals surface area contributed by atoms with Gasteiger partial charge in [-0.3, -0.25) is 0 Å². The van der Waals surface area contributed by atoms with E-state index >= 15 is 0 Å². The van der Waals surface area contributed by atoms with Crippen molar-refractivity contribution in [3.63, 3.8) is 0 Å². The average Bonchev–Trinajstić information content (AvgIpc) is 2.19. The summed E-state index contributed by atoms with van der Waals surface area (Å²) in [5.74, 6) is -0.891. The Bertz CT molecular complexity index is 416. The van der Waals surface area contributed by atoms with Crippen molar-refractivity contribution in [2.75, 3.05) is 11.9 Å². The summed E-state index contributed by atoms with van der Waals surface area (Å²) in [6.45, 7) is 5.98. The van der Waals surface area contributed by atoms with Crippen LogP contribution in [-0.4, -0.2) is 24.2 Å². The first-order chi connectivity index (χ1) is 7.34. The predicted octanol–water partition coefficient (Wildman–Crippen LogP) is 3.30. The molecule has 3 nitrogen and oxygen atoms in total. The lowest BCUT2D eigenvalue weighted by atomic mass is 10.1. The normalized spacial score (nSPS) is 10.6. The molecule has 0 atom stereocenters. The molecule has 0 aliphatic rings. The topological polar surface area (TPSA) is 40.5 Å². The zero-order valence-corrected chi connectivity index (χ0v) is 11.5. The summed E-state index contributed by atoms with van der Waals surface area (Å²) in [7, 11) is 1.96. The van der Waals surface area contributed by atoms with E-state index in [9.17, 15) is 4.79 Å². The Morgan fingerprint density at radius 3 is 2.44 bits per heavy atom. The molecule has 0 saturated carbocycles. The fourth-order valence-corrected chi connectivity index (χ4v) is 1.98. The standard InChI is InChI=1S/C12H16BrNO2/c1-7(2)14(4)11-6-9(13)5-10(8(11)3)12(15)16/h5-7H,1-4H3,(H,15,16). The molecule has 0 unspecified atom stereocenters. The van der Waals surface area contributed by atoms with Gasteiger partial charge in [0, 0.05) is 23.2 Å². The average molecular weight is 286 g/mol. The molecule has 0 aliphatic heterocycles. The quantitative estimate of drug-likeness (QED) is 0.926. The predicted molar refractivity (Wildman–Crippen MR) is 69.4 cm³/mol. The molecule has 1 aromatic rings. The Morgan fingerprint density at radius 1 is 1.44 bits per heavy atom. The number of carboxylic acids is 1. The zero-order chi connectivity index (χ0) is 12.5. The summed E-state index contributed by atoms with van der Waals surface area (Å²) in [6.07, 6.45) is 0. The van der Waals surface area contributed by atoms with Crippen molar-refractivity contribution in [3.8, 4) is 0 Å². The van der Waals surface area contributed by atoms with Crippen LogP contribution in [0.1, 0.15) is 29.8 Å². The third-order valence-corrected chi connectivity index (χ3v) is 3.19. The van der Waals surface area contributed by atoms with E-state index in [4.69, 9.17) is 5.11 Å². The van der Waals surface area contributed by atoms with E-state index in [0.29, 0.717) is 11.6 Å². The molecule has 0 fully saturated rings. The second-order valence-electron chi connectivity index (χ2n) is 4.11. The molecule has 0 heterocycles. The highest BCUT2D eigenvalue weighted by Gasteiger charge is 2.15. The Kier molecular flexibility index (Phi) is 3.97. The number of carboxylic acid groups (broad SMARTS) is 1. The number of rotatable bonds is 3. The minimum Gasteiger partial charge on any atom is -0.478 e. The van der Waals surface area contributed by atoms with Gasteiger partial charge in [-0.25, -0.2) is 4.79 Å². The lowest BCUT2D eigenvalue weighted by molar-refractivity contribution is 0.0696. The fraction of sp³-hybridized carbons (Fsp3) is 0.417. The minimum absolute atomic E-state index is 0.328. The lowest BCUT2D eigenvalue weighted by Gasteiger charge is -2.26. The van der Waals surface area contributed by atoms with Crippen LogP contribution in [0.4, 0.5) is 5.69 Å². The van der Waals surface area contributed by atoms with Gasteiger partial charge in [0.05, 0.1) is 5.56 Å². The molecule has 88 valence electrons. The molecule has 0 saturated heterocycles. The van der Waals surface area contributed by atoms with Crippen molar-refractivity contribution >= 4 is 27.6 Å². The van der Waals surface area contributed by atoms with E-state index in [-0.39, 0.29) is 0 Å². The summed E-state index contributed by atoms with van der Waals surface area (Å²) < 4.78 is 0.790. The van der Waals surface area contributed by atoms with Gasteiger partial charge in [-0.15, -0.1) is 0 Å². The summed E-state index contributed by atoms with van der Waals surface area (Å²) >= 11 is 3.34. The molecular formula is C12H16BrNO2. The summed E-state index contributed by atoms with van der Waals surface area (Å²) in [6, 6.07) is 3.91. The molecular weight excluding hydrogens is 270 g/mol. The fourth-order valence-electron chi connectivity index (χ4n) is 1.53. The second-order valence-corrected chi connectivity index (χ2v) is 5.02. The number of benzene rings is 1. The third kappa shape index (κ3) is 2.55. The van der Waals surface area contributed by atoms with Crippen molar-refractivity contribution in [2.24, 2.45) is 0 Å². The smallest absolute Gasteiger partial charge is 0.336 e. The Morgan fingerprint density at radius 2 is 2.00 bits per heavy atom. The van der Waals surface area contributed by atoms with Crippen LogP contribution in [0.25, 0.3) is 0 Å². The van der Waals surface area contributed by atoms with E-state index < -0.39 is 5.97 Å². The molecule has 4 heteroatoms. The van der Waals surface area contributed by atoms with Crippen LogP contribution in [0.2, 0.25) is 0 Å². The first-order valence-corrected chi connectivity index (χ1v) is 5.90. The van der Waals surface area contributed by atoms with Gasteiger partial charge < -0.3 is 10.0 Å². The summed E-state index contributed by atoms with van der Waals surface area (Å²) in [5.41, 5.74) is 2.09. The number of anilines is 1. The van der Waals surface area contributed by atoms with Crippen LogP contribution < -0.4 is 4.90 Å². The summed E-state index contributed by atoms with van der Waals surface area (Å²) in [5, 5.41) is 9.10. The molecule has 1 aromatic carbocycles. The zero-order valence-electron chi connectivity index (χ0n) is 9.91. The van der Waals surface area contributed by atoms with Crippen LogP contribution in [0.5, 0.6) is 0 Å². The third-order valence-electron chi connectivity index (χ3n) is 2.73. The van der Waals surface area contributed by atoms with E-state index in [1.807, 2.05) is 20.0 Å². The number of halogens is 1. The van der Waals surface area contributed by atoms with Gasteiger partial charge in [-0.05, 0) is 38.5 Å². The SMILES string of the molecule is Cc1c(C(=O)O)cc(Br)cc1N(C)C(C)C. The van der Waals surface area contributed by atoms with Crippen molar-refractivity contribution in [2.45, 2.75) is 26.8 Å². The molecule has 1 N–H and O–H groups in total. The monoisotopic (exact) mass is 285 g/mol. The van der Waals surface area contributed by atoms with Crippen molar-refractivity contribution in [3.05, 3.63) is 27.7 Å². The number of carbonyl (C=O) groups is 1. The lowest BCUT2D eigenvalue weighted by Crippen LogP contribution is -2.26. The Labute approximate surface area is 104 Å². The van der Waals surface area contributed by atoms with E-state index in [2.05, 4.69) is 34.7 Å². The molecule has 0 aliphatic carbocycles. The van der Waals surface area contributed by atoms with Crippen LogP contribution in [-0.2, 0) is 0 Å². The maximum Gasteiger partial charge on any atom is 0.336 e. The first kappa shape index (κ1) is 13.0. The van der Waals surface area contributed by atoms with Crippen molar-refractivity contribution in [1.29, 1.82) is 0 Å². The Balaban J connectivity index is 3.35. The van der Waals surface area contributed by atoms with Crippen LogP contribution in [0, 0.1) is 6.92 Å². The largest absolute Gasteiger partial charge is 0.478 e. The van der Waals surface area contributed by atoms with E-state index in [1.54, 1.807) is 6.07 Å². The van der Waals surface area contributed by atoms with Gasteiger partial charge in [0.25, 0.3) is 0 Å². The molecule has 0 bridgehead atoms. The first-order valence-electron chi connectivity index (χ1n) is 5.11. The van der Waals surface area contributed by atoms with Crippen LogP contribution in [0.15, 0.2) is 16.6 Å². The highest BCUT2D eigenvalue weighted by molar-refractivity contribution is 9.10. The maximum absolute atomic E-state index is 11.1. The van der Waals surface area contributed by atoms with Crippen LogP contribution >= 0.6 is 15.9 Å². The van der Waals surface area contributed by atoms with E-state index in [1.165, 1.54) is 0 Å². The van der Waals surface area contributed by atoms with Gasteiger partial charge in [0.15, 0.2) is 0 Å². The van der Waals surface area contributed by atoms with Gasteiger partial charge in [-0.2, -0.15) is 0 Å².